The molecule has 7 nitrogen and oxygen atoms in total. The van der Waals surface area contributed by atoms with Gasteiger partial charge in [0.1, 0.15) is 18.1 Å². The summed E-state index contributed by atoms with van der Waals surface area (Å²) in [6, 6.07) is 7.31. The molecule has 3 rings (SSSR count). The molecule has 0 radical (unpaired) electrons. The first kappa shape index (κ1) is 18.9. The summed E-state index contributed by atoms with van der Waals surface area (Å²) in [5, 5.41) is 15.8. The van der Waals surface area contributed by atoms with Crippen molar-refractivity contribution in [2.24, 2.45) is 0 Å². The highest BCUT2D eigenvalue weighted by molar-refractivity contribution is 5.80. The highest BCUT2D eigenvalue weighted by atomic mass is 16.5. The fourth-order valence-corrected chi connectivity index (χ4v) is 3.33. The zero-order chi connectivity index (χ0) is 19.4. The maximum Gasteiger partial charge on any atom is 0.305 e. The Kier molecular flexibility index (Phi) is 5.48. The van der Waals surface area contributed by atoms with E-state index < -0.39 is 11.5 Å². The molecule has 1 aromatic heterocycles. The maximum absolute atomic E-state index is 12.3. The lowest BCUT2D eigenvalue weighted by molar-refractivity contribution is -0.140. The van der Waals surface area contributed by atoms with Gasteiger partial charge in [0.05, 0.1) is 29.6 Å². The summed E-state index contributed by atoms with van der Waals surface area (Å²) in [7, 11) is 0. The third kappa shape index (κ3) is 4.67. The molecule has 1 aliphatic rings. The number of nitrogens with zero attached hydrogens (tertiary/aromatic N) is 1. The Hall–Kier alpha value is -2.83. The number of hydrogen-bond donors (Lipinski definition) is 2. The van der Waals surface area contributed by atoms with Crippen LogP contribution in [0.2, 0.25) is 0 Å². The van der Waals surface area contributed by atoms with Gasteiger partial charge in [-0.2, -0.15) is 0 Å². The van der Waals surface area contributed by atoms with Crippen LogP contribution in [0.25, 0.3) is 0 Å². The van der Waals surface area contributed by atoms with Crippen molar-refractivity contribution in [3.63, 3.8) is 0 Å². The van der Waals surface area contributed by atoms with Crippen molar-refractivity contribution < 1.29 is 24.0 Å². The monoisotopic (exact) mass is 372 g/mol. The molecule has 2 aromatic rings. The highest BCUT2D eigenvalue weighted by Gasteiger charge is 2.40. The second kappa shape index (κ2) is 7.82. The molecule has 0 spiro atoms. The van der Waals surface area contributed by atoms with Gasteiger partial charge < -0.3 is 19.7 Å². The van der Waals surface area contributed by atoms with Crippen molar-refractivity contribution in [2.45, 2.75) is 58.1 Å². The van der Waals surface area contributed by atoms with Crippen molar-refractivity contribution in [1.82, 2.24) is 10.5 Å². The number of aryl methyl sites for hydroxylation is 2. The van der Waals surface area contributed by atoms with Crippen LogP contribution in [0.4, 0.5) is 0 Å². The van der Waals surface area contributed by atoms with E-state index in [-0.39, 0.29) is 18.7 Å². The second-order valence-corrected chi connectivity index (χ2v) is 7.16. The Labute approximate surface area is 157 Å². The van der Waals surface area contributed by atoms with Crippen LogP contribution in [0, 0.1) is 13.8 Å². The Morgan fingerprint density at radius 2 is 1.96 bits per heavy atom. The van der Waals surface area contributed by atoms with E-state index in [0.29, 0.717) is 12.4 Å². The average Bonchev–Trinajstić information content (AvgIpc) is 2.90. The van der Waals surface area contributed by atoms with Gasteiger partial charge in [0.25, 0.3) is 0 Å². The number of aliphatic carboxylic acids is 1. The van der Waals surface area contributed by atoms with Gasteiger partial charge in [-0.05, 0) is 50.8 Å². The number of carboxylic acid groups (broad SMARTS) is 1. The van der Waals surface area contributed by atoms with Gasteiger partial charge in [0.2, 0.25) is 5.91 Å². The van der Waals surface area contributed by atoms with Crippen molar-refractivity contribution in [2.75, 3.05) is 0 Å². The normalized spacial score (nSPS) is 15.0. The van der Waals surface area contributed by atoms with E-state index in [0.717, 1.165) is 41.8 Å². The molecule has 7 heteroatoms. The third-order valence-electron chi connectivity index (χ3n) is 5.06. The number of benzene rings is 1. The van der Waals surface area contributed by atoms with Crippen LogP contribution in [-0.4, -0.2) is 27.7 Å². The van der Waals surface area contributed by atoms with E-state index >= 15 is 0 Å². The predicted molar refractivity (Wildman–Crippen MR) is 97.4 cm³/mol. The summed E-state index contributed by atoms with van der Waals surface area (Å²) in [6.07, 6.45) is 2.59. The zero-order valence-electron chi connectivity index (χ0n) is 15.6. The predicted octanol–water partition coefficient (Wildman–Crippen LogP) is 2.93. The number of ether oxygens (including phenoxy) is 1. The van der Waals surface area contributed by atoms with Gasteiger partial charge in [-0.1, -0.05) is 17.3 Å². The molecule has 0 bridgehead atoms. The van der Waals surface area contributed by atoms with Gasteiger partial charge in [0, 0.05) is 0 Å². The first-order valence-electron chi connectivity index (χ1n) is 9.03. The largest absolute Gasteiger partial charge is 0.489 e. The molecule has 2 N–H and O–H groups in total. The van der Waals surface area contributed by atoms with Crippen molar-refractivity contribution >= 4 is 11.9 Å². The average molecular weight is 372 g/mol. The molecule has 0 saturated heterocycles. The first-order valence-corrected chi connectivity index (χ1v) is 9.03. The lowest BCUT2D eigenvalue weighted by atomic mass is 9.74. The van der Waals surface area contributed by atoms with E-state index in [4.69, 9.17) is 14.4 Å². The zero-order valence-corrected chi connectivity index (χ0v) is 15.6. The van der Waals surface area contributed by atoms with E-state index in [2.05, 4.69) is 10.5 Å². The van der Waals surface area contributed by atoms with Crippen LogP contribution >= 0.6 is 0 Å². The lowest BCUT2D eigenvalue weighted by Gasteiger charge is -2.41. The Balaban J connectivity index is 1.53. The maximum atomic E-state index is 12.3. The van der Waals surface area contributed by atoms with E-state index in [1.807, 2.05) is 38.1 Å². The standard InChI is InChI=1S/C20H24N2O5/c1-13-17(14(2)27-22-13)12-26-16-6-4-15(5-7-16)10-18(23)21-20(8-3-9-20)11-19(24)25/h4-7H,3,8-12H2,1-2H3,(H,21,23)(H,24,25). The van der Waals surface area contributed by atoms with Gasteiger partial charge in [-0.15, -0.1) is 0 Å². The first-order chi connectivity index (χ1) is 12.9. The molecule has 1 aromatic carbocycles. The molecule has 0 unspecified atom stereocenters. The molecule has 144 valence electrons. The van der Waals surface area contributed by atoms with E-state index in [1.54, 1.807) is 0 Å². The lowest BCUT2D eigenvalue weighted by Crippen LogP contribution is -2.55. The molecule has 27 heavy (non-hydrogen) atoms. The van der Waals surface area contributed by atoms with Crippen LogP contribution < -0.4 is 10.1 Å². The second-order valence-electron chi connectivity index (χ2n) is 7.16. The Morgan fingerprint density at radius 3 is 2.48 bits per heavy atom. The molecule has 0 aliphatic heterocycles. The molecular formula is C20H24N2O5. The Morgan fingerprint density at radius 1 is 1.26 bits per heavy atom. The molecule has 0 atom stereocenters. The van der Waals surface area contributed by atoms with E-state index in [1.165, 1.54) is 0 Å². The summed E-state index contributed by atoms with van der Waals surface area (Å²) >= 11 is 0. The third-order valence-corrected chi connectivity index (χ3v) is 5.06. The van der Waals surface area contributed by atoms with Gasteiger partial charge >= 0.3 is 5.97 Å². The van der Waals surface area contributed by atoms with Crippen molar-refractivity contribution in [3.8, 4) is 5.75 Å². The molecule has 1 fully saturated rings. The highest BCUT2D eigenvalue weighted by Crippen LogP contribution is 2.35. The van der Waals surface area contributed by atoms with Gasteiger partial charge in [-0.3, -0.25) is 9.59 Å². The minimum absolute atomic E-state index is 0.0206. The number of rotatable bonds is 8. The van der Waals surface area contributed by atoms with Crippen LogP contribution in [0.1, 0.15) is 48.3 Å². The topological polar surface area (TPSA) is 102 Å². The van der Waals surface area contributed by atoms with Gasteiger partial charge in [0.15, 0.2) is 0 Å². The quantitative estimate of drug-likeness (QED) is 0.739. The molecule has 1 aliphatic carbocycles. The number of aromatic nitrogens is 1. The van der Waals surface area contributed by atoms with Crippen LogP contribution in [0.15, 0.2) is 28.8 Å². The summed E-state index contributed by atoms with van der Waals surface area (Å²) in [4.78, 5) is 23.3. The fraction of sp³-hybridized carbons (Fsp3) is 0.450. The molecule has 1 amide bonds. The number of carboxylic acids is 1. The summed E-state index contributed by atoms with van der Waals surface area (Å²) in [5.74, 6) is 0.405. The molecule has 1 heterocycles. The number of nitrogens with one attached hydrogen (secondary N) is 1. The Bertz CT molecular complexity index is 802. The van der Waals surface area contributed by atoms with Crippen LogP contribution in [-0.2, 0) is 22.6 Å². The van der Waals surface area contributed by atoms with Crippen LogP contribution in [0.3, 0.4) is 0 Å². The molecular weight excluding hydrogens is 348 g/mol. The minimum atomic E-state index is -0.880. The van der Waals surface area contributed by atoms with E-state index in [9.17, 15) is 9.59 Å². The number of carbonyl (C=O) groups excluding carboxylic acids is 1. The summed E-state index contributed by atoms with van der Waals surface area (Å²) < 4.78 is 10.9. The minimum Gasteiger partial charge on any atom is -0.489 e. The fourth-order valence-electron chi connectivity index (χ4n) is 3.33. The molecule has 1 saturated carbocycles. The summed E-state index contributed by atoms with van der Waals surface area (Å²) in [5.41, 5.74) is 2.03. The number of carbonyl (C=O) groups is 2. The van der Waals surface area contributed by atoms with Crippen molar-refractivity contribution in [1.29, 1.82) is 0 Å². The number of hydrogen-bond acceptors (Lipinski definition) is 5. The van der Waals surface area contributed by atoms with Crippen molar-refractivity contribution in [3.05, 3.63) is 46.8 Å². The SMILES string of the molecule is Cc1noc(C)c1COc1ccc(CC(=O)NC2(CC(=O)O)CCC2)cc1. The smallest absolute Gasteiger partial charge is 0.305 e. The summed E-state index contributed by atoms with van der Waals surface area (Å²) in [6.45, 7) is 4.09. The van der Waals surface area contributed by atoms with Gasteiger partial charge in [-0.25, -0.2) is 0 Å². The number of amides is 1. The van der Waals surface area contributed by atoms with Crippen LogP contribution in [0.5, 0.6) is 5.75 Å².